The van der Waals surface area contributed by atoms with E-state index < -0.39 is 0 Å². The molecule has 0 aliphatic heterocycles. The van der Waals surface area contributed by atoms with Crippen LogP contribution in [0.5, 0.6) is 0 Å². The van der Waals surface area contributed by atoms with Crippen LogP contribution in [0, 0.1) is 0 Å². The number of nitrogens with zero attached hydrogens (tertiary/aromatic N) is 4. The van der Waals surface area contributed by atoms with Gasteiger partial charge in [-0.1, -0.05) is 25.7 Å². The Bertz CT molecular complexity index is 1520. The molecule has 0 spiro atoms. The molecule has 0 amide bonds. The van der Waals surface area contributed by atoms with Crippen molar-refractivity contribution >= 4 is 27.5 Å². The van der Waals surface area contributed by atoms with Gasteiger partial charge in [-0.25, -0.2) is 4.98 Å². The van der Waals surface area contributed by atoms with Gasteiger partial charge in [0.05, 0.1) is 22.6 Å². The second-order valence-electron chi connectivity index (χ2n) is 7.73. The molecular formula is C27H24N6. The monoisotopic (exact) mass is 432 g/mol. The minimum Gasteiger partial charge on any atom is -0.353 e. The SMILES string of the molecule is C=C/C(=C\C(=C/C)c1ccc2[nH]nc(-c3cc4c(-c5cccnc5)nccc4[nH]3)c2n1)CC. The molecule has 0 unspecified atom stereocenters. The van der Waals surface area contributed by atoms with Gasteiger partial charge in [0.1, 0.15) is 11.2 Å². The number of allylic oxidation sites excluding steroid dienone is 5. The van der Waals surface area contributed by atoms with E-state index in [4.69, 9.17) is 4.98 Å². The standard InChI is InChI=1S/C27H24N6/c1-4-17(5-2)14-18(6-3)21-9-10-23-26(31-21)27(33-32-23)24-15-20-22(30-24)11-13-29-25(20)19-8-7-12-28-16-19/h4,6-16,30H,1,5H2,2-3H3,(H,32,33)/b17-14+,18-6+. The number of H-pyrrole nitrogens is 2. The lowest BCUT2D eigenvalue weighted by molar-refractivity contribution is 1.12. The first-order valence-electron chi connectivity index (χ1n) is 10.9. The predicted molar refractivity (Wildman–Crippen MR) is 134 cm³/mol. The second kappa shape index (κ2) is 8.67. The van der Waals surface area contributed by atoms with Crippen molar-refractivity contribution in [1.82, 2.24) is 30.1 Å². The highest BCUT2D eigenvalue weighted by molar-refractivity contribution is 5.99. The summed E-state index contributed by atoms with van der Waals surface area (Å²) in [6.07, 6.45) is 12.4. The molecule has 0 radical (unpaired) electrons. The van der Waals surface area contributed by atoms with Crippen molar-refractivity contribution in [3.8, 4) is 22.6 Å². The van der Waals surface area contributed by atoms with E-state index in [1.54, 1.807) is 12.4 Å². The largest absolute Gasteiger partial charge is 0.353 e. The van der Waals surface area contributed by atoms with Crippen LogP contribution in [-0.2, 0) is 0 Å². The van der Waals surface area contributed by atoms with Crippen LogP contribution in [0.3, 0.4) is 0 Å². The van der Waals surface area contributed by atoms with Crippen LogP contribution >= 0.6 is 0 Å². The molecule has 5 aromatic heterocycles. The van der Waals surface area contributed by atoms with Crippen molar-refractivity contribution in [3.05, 3.63) is 91.1 Å². The fourth-order valence-corrected chi connectivity index (χ4v) is 3.97. The van der Waals surface area contributed by atoms with Crippen LogP contribution in [0.4, 0.5) is 0 Å². The number of hydrogen-bond donors (Lipinski definition) is 2. The van der Waals surface area contributed by atoms with Crippen molar-refractivity contribution in [3.63, 3.8) is 0 Å². The van der Waals surface area contributed by atoms with Gasteiger partial charge < -0.3 is 4.98 Å². The van der Waals surface area contributed by atoms with Crippen LogP contribution < -0.4 is 0 Å². The summed E-state index contributed by atoms with van der Waals surface area (Å²) in [5, 5.41) is 8.71. The van der Waals surface area contributed by atoms with Crippen LogP contribution in [0.2, 0.25) is 0 Å². The Morgan fingerprint density at radius 3 is 2.76 bits per heavy atom. The van der Waals surface area contributed by atoms with Crippen LogP contribution in [-0.4, -0.2) is 30.1 Å². The highest BCUT2D eigenvalue weighted by Crippen LogP contribution is 2.32. The lowest BCUT2D eigenvalue weighted by Gasteiger charge is -2.04. The quantitative estimate of drug-likeness (QED) is 0.300. The molecule has 2 N–H and O–H groups in total. The molecule has 0 bridgehead atoms. The highest BCUT2D eigenvalue weighted by Gasteiger charge is 2.16. The average Bonchev–Trinajstić information content (AvgIpc) is 3.49. The first kappa shape index (κ1) is 20.6. The Balaban J connectivity index is 1.63. The molecule has 0 fully saturated rings. The van der Waals surface area contributed by atoms with Crippen molar-refractivity contribution in [1.29, 1.82) is 0 Å². The van der Waals surface area contributed by atoms with Gasteiger partial charge >= 0.3 is 0 Å². The van der Waals surface area contributed by atoms with E-state index in [9.17, 15) is 0 Å². The molecule has 5 aromatic rings. The summed E-state index contributed by atoms with van der Waals surface area (Å²) in [5.41, 5.74) is 9.33. The summed E-state index contributed by atoms with van der Waals surface area (Å²) in [6.45, 7) is 8.06. The third-order valence-electron chi connectivity index (χ3n) is 5.76. The molecule has 0 aromatic carbocycles. The van der Waals surface area contributed by atoms with E-state index in [1.165, 1.54) is 5.57 Å². The van der Waals surface area contributed by atoms with Gasteiger partial charge in [-0.15, -0.1) is 0 Å². The summed E-state index contributed by atoms with van der Waals surface area (Å²) in [5.74, 6) is 0. The Morgan fingerprint density at radius 2 is 2.00 bits per heavy atom. The summed E-state index contributed by atoms with van der Waals surface area (Å²) < 4.78 is 0. The van der Waals surface area contributed by atoms with E-state index >= 15 is 0 Å². The Hall–Kier alpha value is -4.32. The smallest absolute Gasteiger partial charge is 0.135 e. The number of rotatable bonds is 6. The number of nitrogens with one attached hydrogen (secondary N) is 2. The number of aromatic nitrogens is 6. The molecule has 6 nitrogen and oxygen atoms in total. The Morgan fingerprint density at radius 1 is 1.09 bits per heavy atom. The number of fused-ring (bicyclic) bond motifs is 2. The van der Waals surface area contributed by atoms with Crippen LogP contribution in [0.25, 0.3) is 50.2 Å². The maximum absolute atomic E-state index is 4.97. The van der Waals surface area contributed by atoms with Crippen molar-refractivity contribution in [2.24, 2.45) is 0 Å². The van der Waals surface area contributed by atoms with Gasteiger partial charge in [0, 0.05) is 35.1 Å². The van der Waals surface area contributed by atoms with E-state index in [-0.39, 0.29) is 0 Å². The number of hydrogen-bond acceptors (Lipinski definition) is 4. The zero-order valence-electron chi connectivity index (χ0n) is 18.6. The molecule has 6 heteroatoms. The normalized spacial score (nSPS) is 12.5. The van der Waals surface area contributed by atoms with Crippen molar-refractivity contribution in [2.45, 2.75) is 20.3 Å². The van der Waals surface area contributed by atoms with Gasteiger partial charge in [-0.2, -0.15) is 5.10 Å². The highest BCUT2D eigenvalue weighted by atomic mass is 15.1. The third-order valence-corrected chi connectivity index (χ3v) is 5.76. The molecule has 5 heterocycles. The molecule has 0 saturated carbocycles. The van der Waals surface area contributed by atoms with Gasteiger partial charge in [0.2, 0.25) is 0 Å². The zero-order valence-corrected chi connectivity index (χ0v) is 18.6. The molecule has 5 rings (SSSR count). The van der Waals surface area contributed by atoms with Gasteiger partial charge in [0.25, 0.3) is 0 Å². The van der Waals surface area contributed by atoms with E-state index in [0.29, 0.717) is 0 Å². The van der Waals surface area contributed by atoms with Crippen molar-refractivity contribution < 1.29 is 0 Å². The molecular weight excluding hydrogens is 408 g/mol. The Labute approximate surface area is 191 Å². The Kier molecular flexibility index (Phi) is 5.40. The van der Waals surface area contributed by atoms with Crippen molar-refractivity contribution in [2.75, 3.05) is 0 Å². The summed E-state index contributed by atoms with van der Waals surface area (Å²) >= 11 is 0. The molecule has 162 valence electrons. The fourth-order valence-electron chi connectivity index (χ4n) is 3.97. The molecule has 0 saturated heterocycles. The first-order chi connectivity index (χ1) is 16.2. The van der Waals surface area contributed by atoms with Gasteiger partial charge in [-0.3, -0.25) is 15.1 Å². The minimum atomic E-state index is 0.777. The maximum Gasteiger partial charge on any atom is 0.135 e. The first-order valence-corrected chi connectivity index (χ1v) is 10.9. The lowest BCUT2D eigenvalue weighted by Crippen LogP contribution is -1.90. The predicted octanol–water partition coefficient (Wildman–Crippen LogP) is 6.49. The minimum absolute atomic E-state index is 0.777. The summed E-state index contributed by atoms with van der Waals surface area (Å²) in [4.78, 5) is 17.3. The van der Waals surface area contributed by atoms with E-state index in [1.807, 2.05) is 49.5 Å². The molecule has 0 aliphatic carbocycles. The molecule has 0 atom stereocenters. The summed E-state index contributed by atoms with van der Waals surface area (Å²) in [6, 6.07) is 12.0. The maximum atomic E-state index is 4.97. The van der Waals surface area contributed by atoms with Crippen LogP contribution in [0.1, 0.15) is 26.0 Å². The average molecular weight is 433 g/mol. The summed E-state index contributed by atoms with van der Waals surface area (Å²) in [7, 11) is 0. The second-order valence-corrected chi connectivity index (χ2v) is 7.73. The molecule has 0 aliphatic rings. The third kappa shape index (κ3) is 3.76. The van der Waals surface area contributed by atoms with Gasteiger partial charge in [0.15, 0.2) is 0 Å². The fraction of sp³-hybridized carbons (Fsp3) is 0.111. The van der Waals surface area contributed by atoms with Crippen LogP contribution in [0.15, 0.2) is 85.4 Å². The molecule has 33 heavy (non-hydrogen) atoms. The van der Waals surface area contributed by atoms with E-state index in [2.05, 4.69) is 56.9 Å². The number of aromatic amines is 2. The lowest BCUT2D eigenvalue weighted by atomic mass is 10.1. The topological polar surface area (TPSA) is 83.1 Å². The van der Waals surface area contributed by atoms with E-state index in [0.717, 1.165) is 62.3 Å². The number of pyridine rings is 3. The van der Waals surface area contributed by atoms with Gasteiger partial charge in [-0.05, 0) is 67.0 Å². The zero-order chi connectivity index (χ0) is 22.8.